The molecule has 6 heterocycles. The van der Waals surface area contributed by atoms with Crippen LogP contribution >= 0.6 is 34.4 Å². The molecule has 0 unspecified atom stereocenters. The van der Waals surface area contributed by atoms with Crippen molar-refractivity contribution in [3.8, 4) is 20.9 Å². The van der Waals surface area contributed by atoms with Gasteiger partial charge in [-0.1, -0.05) is 207 Å². The van der Waals surface area contributed by atoms with Crippen molar-refractivity contribution in [3.05, 3.63) is 312 Å². The number of benzene rings is 11. The number of thiophene rings is 2. The van der Waals surface area contributed by atoms with Crippen molar-refractivity contribution in [1.29, 1.82) is 0 Å². The number of aromatic nitrogens is 2. The van der Waals surface area contributed by atoms with Gasteiger partial charge in [0.2, 0.25) is 0 Å². The van der Waals surface area contributed by atoms with Crippen LogP contribution in [0.4, 0.5) is 11.4 Å². The molecule has 4 amide bonds. The summed E-state index contributed by atoms with van der Waals surface area (Å²) >= 11 is 4.75. The number of fused-ring (bicyclic) bond motifs is 4. The molecule has 0 radical (unpaired) electrons. The van der Waals surface area contributed by atoms with Crippen molar-refractivity contribution < 1.29 is 28.3 Å². The summed E-state index contributed by atoms with van der Waals surface area (Å²) in [7, 11) is 0. The zero-order valence-electron chi connectivity index (χ0n) is 61.8. The van der Waals surface area contributed by atoms with Gasteiger partial charge in [-0.05, 0) is 180 Å². The number of aryl methyl sites for hydroxylation is 2. The molecule has 11 aromatic carbocycles. The van der Waals surface area contributed by atoms with Crippen LogP contribution in [0.2, 0.25) is 0 Å². The number of ether oxygens (including phenoxy) is 1. The van der Waals surface area contributed by atoms with Gasteiger partial charge in [0, 0.05) is 95.1 Å². The molecule has 0 spiro atoms. The summed E-state index contributed by atoms with van der Waals surface area (Å²) in [5, 5.41) is 9.46. The van der Waals surface area contributed by atoms with Gasteiger partial charge in [-0.15, -0.1) is 22.7 Å². The van der Waals surface area contributed by atoms with Gasteiger partial charge in [-0.25, -0.2) is 9.69 Å². The average molecular weight is 1470 g/mol. The van der Waals surface area contributed by atoms with Crippen LogP contribution < -0.4 is 15.4 Å². The molecule has 0 aliphatic carbocycles. The molecule has 0 bridgehead atoms. The predicted octanol–water partition coefficient (Wildman–Crippen LogP) is 23.2. The van der Waals surface area contributed by atoms with Crippen LogP contribution in [0, 0.1) is 13.8 Å². The molecule has 0 N–H and O–H groups in total. The molecule has 4 aromatic heterocycles. The number of rotatable bonds is 16. The molecule has 0 fully saturated rings. The van der Waals surface area contributed by atoms with E-state index in [0.29, 0.717) is 57.5 Å². The Hall–Kier alpha value is -11.6. The first-order valence-corrected chi connectivity index (χ1v) is 38.4. The Morgan fingerprint density at radius 3 is 1.53 bits per heavy atom. The molecule has 17 rings (SSSR count). The van der Waals surface area contributed by atoms with Crippen molar-refractivity contribution in [3.63, 3.8) is 0 Å². The van der Waals surface area contributed by atoms with Gasteiger partial charge in [0.15, 0.2) is 0 Å². The third-order valence-electron chi connectivity index (χ3n) is 20.6. The Morgan fingerprint density at radius 1 is 0.500 bits per heavy atom. The Kier molecular flexibility index (Phi) is 19.3. The lowest BCUT2D eigenvalue weighted by atomic mass is 9.79. The van der Waals surface area contributed by atoms with Gasteiger partial charge >= 0.3 is 5.63 Å². The van der Waals surface area contributed by atoms with E-state index >= 15 is 0 Å². The quantitative estimate of drug-likeness (QED) is 0.0397. The molecule has 0 saturated heterocycles. The number of anilines is 2. The van der Waals surface area contributed by atoms with Crippen LogP contribution in [-0.4, -0.2) is 43.8 Å². The lowest BCUT2D eigenvalue weighted by molar-refractivity contribution is 0.0597. The molecule has 0 atom stereocenters. The minimum absolute atomic E-state index is 0.157. The number of amides is 4. The first-order chi connectivity index (χ1) is 52.0. The normalized spacial score (nSPS) is 12.9. The molecule has 0 saturated carbocycles. The fourth-order valence-electron chi connectivity index (χ4n) is 14.9. The van der Waals surface area contributed by atoms with Gasteiger partial charge < -0.3 is 14.1 Å². The minimum atomic E-state index is -0.353. The second-order valence-corrected chi connectivity index (χ2v) is 32.3. The van der Waals surface area contributed by atoms with Crippen molar-refractivity contribution >= 4 is 153 Å². The Morgan fingerprint density at radius 2 is 1.02 bits per heavy atom. The van der Waals surface area contributed by atoms with E-state index in [1.165, 1.54) is 47.3 Å². The first-order valence-electron chi connectivity index (χ1n) is 36.0. The summed E-state index contributed by atoms with van der Waals surface area (Å²) < 4.78 is 20.5. The van der Waals surface area contributed by atoms with E-state index < -0.39 is 0 Å². The maximum absolute atomic E-state index is 14.6. The van der Waals surface area contributed by atoms with Crippen LogP contribution in [-0.2, 0) is 41.9 Å². The number of carbonyl (C=O) groups excluding carboxylic acids is 4. The van der Waals surface area contributed by atoms with E-state index in [1.807, 2.05) is 104 Å². The van der Waals surface area contributed by atoms with Crippen LogP contribution in [0.1, 0.15) is 150 Å². The average Bonchev–Trinajstić information content (AvgIpc) is 0.790. The molecular formula is C93H79N5O7S3. The summed E-state index contributed by atoms with van der Waals surface area (Å²) in [6, 6.07) is 64.0. The summed E-state index contributed by atoms with van der Waals surface area (Å²) in [4.78, 5) is 77.6. The molecule has 12 nitrogen and oxygen atoms in total. The standard InChI is InChI=1S/C47H38N2O4.C24H18N2OS3.C22H23NO2/c1-8-25-9-11-26(12-10-25)24-48-42(50)32-18-14-28-30-16-20-34-41-35(21-17-31(39(30)41)29-15-19-33(43(48)51)40(32)38(28)29)45(53)49(44(34)52)37-23-27(46(2,3)4)13-22-36(37)47(5,6)7;1-2-16-5-7-17(8-6-16)14-27-15-18-9-12-22(29-18)20-11-10-19(21-4-3-13-28-21)23-24(20)26-30-25-23;1-5-17-7-9-18(10-8-17)14-23(6-2)20-13-21-19(11-16(20)4)15(3)12-22(24)25-21/h8-23H,1,24H2,2-7H3;2-13H,1,14-15H2;5,7-13H,1,6,14H2,2-4H3. The summed E-state index contributed by atoms with van der Waals surface area (Å²) in [5.41, 5.74) is 18.2. The lowest BCUT2D eigenvalue weighted by Gasteiger charge is -2.34. The van der Waals surface area contributed by atoms with E-state index in [-0.39, 0.29) is 46.6 Å². The van der Waals surface area contributed by atoms with Crippen LogP contribution in [0.25, 0.3) is 104 Å². The van der Waals surface area contributed by atoms with Gasteiger partial charge in [-0.3, -0.25) is 24.1 Å². The zero-order chi connectivity index (χ0) is 75.6. The smallest absolute Gasteiger partial charge is 0.336 e. The Labute approximate surface area is 639 Å². The fourth-order valence-corrected chi connectivity index (χ4v) is 17.2. The molecular weight excluding hydrogens is 1400 g/mol. The highest BCUT2D eigenvalue weighted by molar-refractivity contribution is 7.15. The largest absolute Gasteiger partial charge is 0.423 e. The number of nitrogens with zero attached hydrogens (tertiary/aromatic N) is 5. The number of hydrogen-bond acceptors (Lipinski definition) is 13. The van der Waals surface area contributed by atoms with Crippen molar-refractivity contribution in [2.45, 2.75) is 99.4 Å². The highest BCUT2D eigenvalue weighted by Gasteiger charge is 2.40. The van der Waals surface area contributed by atoms with Crippen LogP contribution in [0.5, 0.6) is 0 Å². The topological polar surface area (TPSA) is 143 Å². The van der Waals surface area contributed by atoms with E-state index in [4.69, 9.17) is 9.15 Å². The summed E-state index contributed by atoms with van der Waals surface area (Å²) in [6.45, 7) is 33.2. The number of hydrogen-bond donors (Lipinski definition) is 0. The van der Waals surface area contributed by atoms with Crippen LogP contribution in [0.3, 0.4) is 0 Å². The number of carbonyl (C=O) groups is 4. The highest BCUT2D eigenvalue weighted by atomic mass is 32.1. The maximum atomic E-state index is 14.6. The molecule has 536 valence electrons. The lowest BCUT2D eigenvalue weighted by Crippen LogP contribution is -2.42. The maximum Gasteiger partial charge on any atom is 0.336 e. The highest BCUT2D eigenvalue weighted by Crippen LogP contribution is 2.49. The Balaban J connectivity index is 0.000000143. The van der Waals surface area contributed by atoms with E-state index in [2.05, 4.69) is 197 Å². The van der Waals surface area contributed by atoms with Gasteiger partial charge in [-0.2, -0.15) is 8.75 Å². The number of imide groups is 2. The first kappa shape index (κ1) is 72.0. The van der Waals surface area contributed by atoms with E-state index in [0.717, 1.165) is 123 Å². The third kappa shape index (κ3) is 13.3. The van der Waals surface area contributed by atoms with Gasteiger partial charge in [0.1, 0.15) is 16.6 Å². The molecule has 108 heavy (non-hydrogen) atoms. The third-order valence-corrected chi connectivity index (χ3v) is 23.1. The molecule has 2 aliphatic heterocycles. The minimum Gasteiger partial charge on any atom is -0.423 e. The van der Waals surface area contributed by atoms with Crippen molar-refractivity contribution in [2.24, 2.45) is 0 Å². The van der Waals surface area contributed by atoms with Crippen molar-refractivity contribution in [2.75, 3.05) is 16.3 Å². The zero-order valence-corrected chi connectivity index (χ0v) is 64.2. The molecule has 15 aromatic rings. The monoisotopic (exact) mass is 1470 g/mol. The van der Waals surface area contributed by atoms with Gasteiger partial charge in [0.25, 0.3) is 23.6 Å². The molecule has 15 heteroatoms. The van der Waals surface area contributed by atoms with Gasteiger partial charge in [0.05, 0.1) is 37.2 Å². The van der Waals surface area contributed by atoms with Crippen molar-refractivity contribution in [1.82, 2.24) is 13.6 Å². The van der Waals surface area contributed by atoms with E-state index in [9.17, 15) is 24.0 Å². The van der Waals surface area contributed by atoms with E-state index in [1.54, 1.807) is 34.8 Å². The Bertz CT molecular complexity index is 6070. The summed E-state index contributed by atoms with van der Waals surface area (Å²) in [6.07, 6.45) is 5.45. The SMILES string of the molecule is C=Cc1ccc(CN(CC)c2cc3oc(=O)cc(C)c3cc2C)cc1.C=Cc1ccc(CN2C(=O)c3ccc4c5ccc6c7c(ccc(c8ccc(c3c48)C2=O)c75)C(=O)N(c2cc(C(C)(C)C)ccc2C(C)(C)C)C6=O)cc1.C=Cc1ccc(COCc2ccc(-c3ccc(-c4cccs4)c4nsnc34)s2)cc1. The van der Waals surface area contributed by atoms with Crippen LogP contribution in [0.15, 0.2) is 228 Å². The fraction of sp³-hybridized carbons (Fsp3) is 0.172. The molecule has 2 aliphatic rings. The second-order valence-electron chi connectivity index (χ2n) is 29.6. The predicted molar refractivity (Wildman–Crippen MR) is 448 cm³/mol. The second kappa shape index (κ2) is 28.9. The summed E-state index contributed by atoms with van der Waals surface area (Å²) in [5.74, 6) is -1.38.